The summed E-state index contributed by atoms with van der Waals surface area (Å²) in [4.78, 5) is 27.6. The maximum atomic E-state index is 14.6. The monoisotopic (exact) mass is 557 g/mol. The van der Waals surface area contributed by atoms with Crippen molar-refractivity contribution in [2.75, 3.05) is 31.6 Å². The van der Waals surface area contributed by atoms with Crippen LogP contribution in [0.15, 0.2) is 77.7 Å². The van der Waals surface area contributed by atoms with Gasteiger partial charge in [0.05, 0.1) is 24.8 Å². The van der Waals surface area contributed by atoms with Gasteiger partial charge < -0.3 is 19.7 Å². The number of para-hydroxylation sites is 2. The van der Waals surface area contributed by atoms with Crippen LogP contribution in [0.25, 0.3) is 0 Å². The van der Waals surface area contributed by atoms with E-state index in [0.29, 0.717) is 12.3 Å². The fourth-order valence-electron chi connectivity index (χ4n) is 3.94. The fourth-order valence-corrected chi connectivity index (χ4v) is 5.36. The maximum Gasteiger partial charge on any atom is 0.264 e. The third kappa shape index (κ3) is 6.85. The lowest BCUT2D eigenvalue weighted by molar-refractivity contribution is -0.139. The Balaban J connectivity index is 2.08. The van der Waals surface area contributed by atoms with Crippen LogP contribution in [0.4, 0.5) is 10.1 Å². The predicted octanol–water partition coefficient (Wildman–Crippen LogP) is 3.59. The average molecular weight is 558 g/mol. The Morgan fingerprint density at radius 2 is 1.59 bits per heavy atom. The molecule has 0 aliphatic rings. The zero-order chi connectivity index (χ0) is 28.6. The lowest BCUT2D eigenvalue weighted by atomic mass is 10.1. The minimum atomic E-state index is -4.30. The van der Waals surface area contributed by atoms with Gasteiger partial charge in [-0.1, -0.05) is 30.3 Å². The van der Waals surface area contributed by atoms with E-state index in [1.165, 1.54) is 69.7 Å². The van der Waals surface area contributed by atoms with Crippen LogP contribution in [0.5, 0.6) is 11.5 Å². The highest BCUT2D eigenvalue weighted by molar-refractivity contribution is 7.92. The number of ether oxygens (including phenoxy) is 2. The summed E-state index contributed by atoms with van der Waals surface area (Å²) >= 11 is 0. The molecule has 9 nitrogen and oxygen atoms in total. The first kappa shape index (κ1) is 29.4. The van der Waals surface area contributed by atoms with Gasteiger partial charge in [0.1, 0.15) is 29.9 Å². The van der Waals surface area contributed by atoms with E-state index >= 15 is 0 Å². The lowest BCUT2D eigenvalue weighted by Gasteiger charge is -2.32. The van der Waals surface area contributed by atoms with Crippen LogP contribution in [-0.2, 0) is 26.2 Å². The van der Waals surface area contributed by atoms with Crippen LogP contribution in [0.1, 0.15) is 19.4 Å². The number of nitrogens with one attached hydrogen (secondary N) is 1. The van der Waals surface area contributed by atoms with Crippen molar-refractivity contribution in [3.05, 3.63) is 84.2 Å². The largest absolute Gasteiger partial charge is 0.497 e. The van der Waals surface area contributed by atoms with E-state index in [2.05, 4.69) is 5.32 Å². The molecule has 3 rings (SSSR count). The normalized spacial score (nSPS) is 11.8. The van der Waals surface area contributed by atoms with Gasteiger partial charge in [0.15, 0.2) is 0 Å². The van der Waals surface area contributed by atoms with Crippen molar-refractivity contribution >= 4 is 27.5 Å². The summed E-state index contributed by atoms with van der Waals surface area (Å²) in [6, 6.07) is 17.0. The number of rotatable bonds is 12. The van der Waals surface area contributed by atoms with E-state index in [0.717, 1.165) is 9.21 Å². The smallest absolute Gasteiger partial charge is 0.264 e. The first-order chi connectivity index (χ1) is 18.6. The number of halogens is 1. The Morgan fingerprint density at radius 3 is 2.21 bits per heavy atom. The SMILES string of the molecule is CCNC(=O)C(C)N(Cc1ccccc1F)C(=O)CN(c1ccccc1OC)S(=O)(=O)c1ccc(OC)cc1. The van der Waals surface area contributed by atoms with E-state index in [1.807, 2.05) is 0 Å². The number of hydrogen-bond acceptors (Lipinski definition) is 6. The van der Waals surface area contributed by atoms with E-state index in [-0.39, 0.29) is 28.4 Å². The van der Waals surface area contributed by atoms with Crippen LogP contribution in [0.2, 0.25) is 0 Å². The molecule has 3 aromatic carbocycles. The summed E-state index contributed by atoms with van der Waals surface area (Å²) < 4.78 is 53.8. The molecule has 39 heavy (non-hydrogen) atoms. The number of nitrogens with zero attached hydrogens (tertiary/aromatic N) is 2. The third-order valence-electron chi connectivity index (χ3n) is 6.10. The Bertz CT molecular complexity index is 1400. The van der Waals surface area contributed by atoms with E-state index in [9.17, 15) is 22.4 Å². The van der Waals surface area contributed by atoms with Crippen molar-refractivity contribution in [1.29, 1.82) is 0 Å². The van der Waals surface area contributed by atoms with Crippen molar-refractivity contribution in [2.24, 2.45) is 0 Å². The molecular formula is C28H32FN3O6S. The number of carbonyl (C=O) groups excluding carboxylic acids is 2. The van der Waals surface area contributed by atoms with Crippen molar-refractivity contribution in [1.82, 2.24) is 10.2 Å². The molecule has 0 aliphatic heterocycles. The van der Waals surface area contributed by atoms with Crippen LogP contribution in [0, 0.1) is 5.82 Å². The highest BCUT2D eigenvalue weighted by Crippen LogP contribution is 2.33. The molecule has 1 atom stereocenters. The van der Waals surface area contributed by atoms with Gasteiger partial charge in [0.25, 0.3) is 10.0 Å². The molecule has 0 aliphatic carbocycles. The number of likely N-dealkylation sites (N-methyl/N-ethyl adjacent to an activating group) is 1. The molecule has 0 radical (unpaired) electrons. The maximum absolute atomic E-state index is 14.6. The minimum Gasteiger partial charge on any atom is -0.497 e. The van der Waals surface area contributed by atoms with Crippen molar-refractivity contribution in [3.8, 4) is 11.5 Å². The summed E-state index contributed by atoms with van der Waals surface area (Å²) in [5.41, 5.74) is 0.310. The molecule has 1 unspecified atom stereocenters. The fraction of sp³-hybridized carbons (Fsp3) is 0.286. The standard InChI is InChI=1S/C28H32FN3O6S/c1-5-30-28(34)20(2)31(18-21-10-6-7-11-24(21)29)27(33)19-32(25-12-8-9-13-26(25)38-4)39(35,36)23-16-14-22(37-3)15-17-23/h6-17,20H,5,18-19H2,1-4H3,(H,30,34). The Morgan fingerprint density at radius 1 is 0.949 bits per heavy atom. The molecule has 0 saturated carbocycles. The van der Waals surface area contributed by atoms with E-state index in [1.54, 1.807) is 31.2 Å². The number of amides is 2. The quantitative estimate of drug-likeness (QED) is 0.365. The van der Waals surface area contributed by atoms with Crippen LogP contribution >= 0.6 is 0 Å². The first-order valence-electron chi connectivity index (χ1n) is 12.2. The average Bonchev–Trinajstić information content (AvgIpc) is 2.95. The summed E-state index contributed by atoms with van der Waals surface area (Å²) in [5, 5.41) is 2.66. The molecule has 0 bridgehead atoms. The Labute approximate surface area is 228 Å². The minimum absolute atomic E-state index is 0.0839. The molecule has 0 saturated heterocycles. The molecule has 1 N–H and O–H groups in total. The molecule has 2 amide bonds. The van der Waals surface area contributed by atoms with Gasteiger partial charge in [0.2, 0.25) is 11.8 Å². The molecular weight excluding hydrogens is 525 g/mol. The Hall–Kier alpha value is -4.12. The third-order valence-corrected chi connectivity index (χ3v) is 7.87. The molecule has 0 aromatic heterocycles. The number of hydrogen-bond donors (Lipinski definition) is 1. The summed E-state index contributed by atoms with van der Waals surface area (Å²) in [6.45, 7) is 2.65. The van der Waals surface area contributed by atoms with Crippen LogP contribution in [0.3, 0.4) is 0 Å². The molecule has 208 valence electrons. The van der Waals surface area contributed by atoms with Gasteiger partial charge in [-0.25, -0.2) is 12.8 Å². The Kier molecular flexibility index (Phi) is 9.89. The highest BCUT2D eigenvalue weighted by atomic mass is 32.2. The summed E-state index contributed by atoms with van der Waals surface area (Å²) in [6.07, 6.45) is 0. The summed E-state index contributed by atoms with van der Waals surface area (Å²) in [7, 11) is -1.45. The first-order valence-corrected chi connectivity index (χ1v) is 13.7. The van der Waals surface area contributed by atoms with E-state index in [4.69, 9.17) is 9.47 Å². The van der Waals surface area contributed by atoms with Gasteiger partial charge >= 0.3 is 0 Å². The second kappa shape index (κ2) is 13.1. The number of anilines is 1. The van der Waals surface area contributed by atoms with Gasteiger partial charge in [-0.15, -0.1) is 0 Å². The summed E-state index contributed by atoms with van der Waals surface area (Å²) in [5.74, 6) is -1.03. The van der Waals surface area contributed by atoms with Crippen LogP contribution < -0.4 is 19.1 Å². The van der Waals surface area contributed by atoms with Gasteiger partial charge in [-0.05, 0) is 56.3 Å². The zero-order valence-corrected chi connectivity index (χ0v) is 23.1. The van der Waals surface area contributed by atoms with Gasteiger partial charge in [0, 0.05) is 18.7 Å². The molecule has 0 heterocycles. The number of sulfonamides is 1. The molecule has 0 fully saturated rings. The topological polar surface area (TPSA) is 105 Å². The van der Waals surface area contributed by atoms with Crippen molar-refractivity contribution in [3.63, 3.8) is 0 Å². The number of carbonyl (C=O) groups is 2. The van der Waals surface area contributed by atoms with Crippen molar-refractivity contribution < 1.29 is 31.9 Å². The second-order valence-electron chi connectivity index (χ2n) is 8.54. The zero-order valence-electron chi connectivity index (χ0n) is 22.3. The molecule has 11 heteroatoms. The number of methoxy groups -OCH3 is 2. The van der Waals surface area contributed by atoms with Crippen LogP contribution in [-0.4, -0.2) is 58.5 Å². The van der Waals surface area contributed by atoms with E-state index < -0.39 is 40.2 Å². The van der Waals surface area contributed by atoms with Gasteiger partial charge in [-0.3, -0.25) is 13.9 Å². The lowest BCUT2D eigenvalue weighted by Crippen LogP contribution is -2.51. The second-order valence-corrected chi connectivity index (χ2v) is 10.4. The number of benzene rings is 3. The van der Waals surface area contributed by atoms with Crippen molar-refractivity contribution in [2.45, 2.75) is 31.3 Å². The van der Waals surface area contributed by atoms with Gasteiger partial charge in [-0.2, -0.15) is 0 Å². The molecule has 0 spiro atoms. The molecule has 3 aromatic rings. The predicted molar refractivity (Wildman–Crippen MR) is 146 cm³/mol. The highest BCUT2D eigenvalue weighted by Gasteiger charge is 2.34.